The summed E-state index contributed by atoms with van der Waals surface area (Å²) >= 11 is 0. The van der Waals surface area contributed by atoms with Crippen LogP contribution >= 0.6 is 0 Å². The van der Waals surface area contributed by atoms with Gasteiger partial charge in [0.25, 0.3) is 0 Å². The smallest absolute Gasteiger partial charge is 0.107 e. The molecule has 0 aliphatic carbocycles. The highest BCUT2D eigenvalue weighted by Gasteiger charge is 2.18. The van der Waals surface area contributed by atoms with E-state index in [4.69, 9.17) is 5.10 Å². The van der Waals surface area contributed by atoms with Crippen molar-refractivity contribution in [2.24, 2.45) is 0 Å². The molecule has 1 aromatic carbocycles. The largest absolute Gasteiger partial charge is 0.327 e. The van der Waals surface area contributed by atoms with Gasteiger partial charge in [-0.3, -0.25) is 4.98 Å². The molecular formula is C18H21N4+. The van der Waals surface area contributed by atoms with E-state index in [1.54, 1.807) is 0 Å². The molecule has 0 saturated carbocycles. The lowest BCUT2D eigenvalue weighted by Crippen LogP contribution is -2.33. The molecule has 4 heteroatoms. The Bertz CT molecular complexity index is 740. The molecule has 112 valence electrons. The predicted molar refractivity (Wildman–Crippen MR) is 88.5 cm³/mol. The van der Waals surface area contributed by atoms with Gasteiger partial charge in [-0.1, -0.05) is 18.2 Å². The molecule has 0 fully saturated rings. The lowest BCUT2D eigenvalue weighted by atomic mass is 10.1. The van der Waals surface area contributed by atoms with E-state index in [9.17, 15) is 0 Å². The summed E-state index contributed by atoms with van der Waals surface area (Å²) < 4.78 is 2.82. The summed E-state index contributed by atoms with van der Waals surface area (Å²) in [5.74, 6) is 0. The maximum Gasteiger partial charge on any atom is 0.107 e. The van der Waals surface area contributed by atoms with Crippen LogP contribution in [0.5, 0.6) is 0 Å². The van der Waals surface area contributed by atoms with Crippen molar-refractivity contribution in [3.05, 3.63) is 66.6 Å². The number of para-hydroxylation sites is 1. The van der Waals surface area contributed by atoms with Gasteiger partial charge in [0.1, 0.15) is 12.2 Å². The second-order valence-corrected chi connectivity index (χ2v) is 6.47. The topological polar surface area (TPSA) is 30.7 Å². The summed E-state index contributed by atoms with van der Waals surface area (Å²) in [6.07, 6.45) is 5.76. The van der Waals surface area contributed by atoms with Crippen molar-refractivity contribution in [3.8, 4) is 16.9 Å². The lowest BCUT2D eigenvalue weighted by molar-refractivity contribution is -0.883. The van der Waals surface area contributed by atoms with E-state index < -0.39 is 0 Å². The molecule has 0 unspecified atom stereocenters. The van der Waals surface area contributed by atoms with Crippen molar-refractivity contribution < 1.29 is 4.48 Å². The zero-order valence-corrected chi connectivity index (χ0v) is 13.3. The first-order valence-electron chi connectivity index (χ1n) is 7.38. The van der Waals surface area contributed by atoms with E-state index in [0.29, 0.717) is 0 Å². The SMILES string of the molecule is C[N+](C)(C)Cc1cn(-c2ccccc2)nc1-c1ccncc1. The third-order valence-corrected chi connectivity index (χ3v) is 3.41. The Morgan fingerprint density at radius 3 is 2.27 bits per heavy atom. The quantitative estimate of drug-likeness (QED) is 0.692. The first-order chi connectivity index (χ1) is 10.5. The van der Waals surface area contributed by atoms with E-state index in [1.807, 2.05) is 47.4 Å². The zero-order valence-electron chi connectivity index (χ0n) is 13.3. The highest BCUT2D eigenvalue weighted by molar-refractivity contribution is 5.62. The summed E-state index contributed by atoms with van der Waals surface area (Å²) in [5, 5.41) is 4.81. The fraction of sp³-hybridized carbons (Fsp3) is 0.222. The first kappa shape index (κ1) is 14.5. The van der Waals surface area contributed by atoms with Crippen molar-refractivity contribution >= 4 is 0 Å². The Kier molecular flexibility index (Phi) is 3.77. The van der Waals surface area contributed by atoms with Crippen LogP contribution in [0.15, 0.2) is 61.1 Å². The molecular weight excluding hydrogens is 272 g/mol. The van der Waals surface area contributed by atoms with Crippen LogP contribution in [0.25, 0.3) is 16.9 Å². The Balaban J connectivity index is 2.09. The number of hydrogen-bond donors (Lipinski definition) is 0. The molecule has 0 saturated heterocycles. The molecule has 0 aliphatic heterocycles. The lowest BCUT2D eigenvalue weighted by Gasteiger charge is -2.23. The minimum Gasteiger partial charge on any atom is -0.327 e. The highest BCUT2D eigenvalue weighted by atomic mass is 15.3. The summed E-state index contributed by atoms with van der Waals surface area (Å²) in [5.41, 5.74) is 4.44. The Morgan fingerprint density at radius 2 is 1.64 bits per heavy atom. The van der Waals surface area contributed by atoms with E-state index in [0.717, 1.165) is 28.0 Å². The van der Waals surface area contributed by atoms with Gasteiger partial charge in [-0.25, -0.2) is 4.68 Å². The third-order valence-electron chi connectivity index (χ3n) is 3.41. The molecule has 4 nitrogen and oxygen atoms in total. The molecule has 3 aromatic rings. The van der Waals surface area contributed by atoms with Crippen LogP contribution in [-0.4, -0.2) is 40.4 Å². The Labute approximate surface area is 131 Å². The van der Waals surface area contributed by atoms with E-state index in [-0.39, 0.29) is 0 Å². The van der Waals surface area contributed by atoms with Gasteiger partial charge < -0.3 is 4.48 Å². The van der Waals surface area contributed by atoms with E-state index >= 15 is 0 Å². The van der Waals surface area contributed by atoms with E-state index in [1.165, 1.54) is 5.56 Å². The van der Waals surface area contributed by atoms with Gasteiger partial charge in [0.2, 0.25) is 0 Å². The van der Waals surface area contributed by atoms with Crippen molar-refractivity contribution in [1.82, 2.24) is 14.8 Å². The molecule has 0 spiro atoms. The summed E-state index contributed by atoms with van der Waals surface area (Å²) in [6, 6.07) is 14.2. The number of quaternary nitrogens is 1. The van der Waals surface area contributed by atoms with Crippen LogP contribution in [0.4, 0.5) is 0 Å². The van der Waals surface area contributed by atoms with Gasteiger partial charge in [0.15, 0.2) is 0 Å². The molecule has 0 atom stereocenters. The van der Waals surface area contributed by atoms with Gasteiger partial charge in [0, 0.05) is 24.2 Å². The molecule has 0 N–H and O–H groups in total. The maximum atomic E-state index is 4.81. The van der Waals surface area contributed by atoms with Crippen LogP contribution in [0, 0.1) is 0 Å². The molecule has 22 heavy (non-hydrogen) atoms. The monoisotopic (exact) mass is 293 g/mol. The average molecular weight is 293 g/mol. The number of rotatable bonds is 4. The molecule has 2 aromatic heterocycles. The van der Waals surface area contributed by atoms with Crippen molar-refractivity contribution in [2.75, 3.05) is 21.1 Å². The minimum absolute atomic E-state index is 0.860. The number of aromatic nitrogens is 3. The molecule has 3 rings (SSSR count). The number of hydrogen-bond acceptors (Lipinski definition) is 2. The fourth-order valence-electron chi connectivity index (χ4n) is 2.50. The predicted octanol–water partition coefficient (Wildman–Crippen LogP) is 3.14. The van der Waals surface area contributed by atoms with Gasteiger partial charge in [-0.05, 0) is 24.3 Å². The standard InChI is InChI=1S/C18H21N4/c1-22(2,3)14-16-13-21(17-7-5-4-6-8-17)20-18(16)15-9-11-19-12-10-15/h4-13H,14H2,1-3H3/q+1. The molecule has 0 aliphatic rings. The molecule has 0 radical (unpaired) electrons. The van der Waals surface area contributed by atoms with Crippen LogP contribution in [-0.2, 0) is 6.54 Å². The first-order valence-corrected chi connectivity index (χ1v) is 7.38. The minimum atomic E-state index is 0.860. The van der Waals surface area contributed by atoms with Crippen molar-refractivity contribution in [2.45, 2.75) is 6.54 Å². The van der Waals surface area contributed by atoms with Gasteiger partial charge in [0.05, 0.1) is 32.4 Å². The second kappa shape index (κ2) is 5.73. The Hall–Kier alpha value is -2.46. The molecule has 0 amide bonds. The van der Waals surface area contributed by atoms with Crippen molar-refractivity contribution in [3.63, 3.8) is 0 Å². The summed E-state index contributed by atoms with van der Waals surface area (Å²) in [4.78, 5) is 4.10. The zero-order chi connectivity index (χ0) is 15.6. The molecule has 2 heterocycles. The van der Waals surface area contributed by atoms with Gasteiger partial charge >= 0.3 is 0 Å². The average Bonchev–Trinajstić information content (AvgIpc) is 2.91. The Morgan fingerprint density at radius 1 is 0.955 bits per heavy atom. The number of nitrogens with zero attached hydrogens (tertiary/aromatic N) is 4. The van der Waals surface area contributed by atoms with E-state index in [2.05, 4.69) is 44.5 Å². The normalized spacial score (nSPS) is 11.6. The second-order valence-electron chi connectivity index (χ2n) is 6.47. The van der Waals surface area contributed by atoms with Crippen LogP contribution < -0.4 is 0 Å². The van der Waals surface area contributed by atoms with Crippen LogP contribution in [0.1, 0.15) is 5.56 Å². The highest BCUT2D eigenvalue weighted by Crippen LogP contribution is 2.25. The maximum absolute atomic E-state index is 4.81. The summed E-state index contributed by atoms with van der Waals surface area (Å²) in [6.45, 7) is 0.921. The fourth-order valence-corrected chi connectivity index (χ4v) is 2.50. The van der Waals surface area contributed by atoms with Gasteiger partial charge in [-0.15, -0.1) is 0 Å². The molecule has 0 bridgehead atoms. The van der Waals surface area contributed by atoms with Gasteiger partial charge in [-0.2, -0.15) is 5.10 Å². The third kappa shape index (κ3) is 3.23. The van der Waals surface area contributed by atoms with Crippen molar-refractivity contribution in [1.29, 1.82) is 0 Å². The van der Waals surface area contributed by atoms with Crippen LogP contribution in [0.3, 0.4) is 0 Å². The van der Waals surface area contributed by atoms with Crippen LogP contribution in [0.2, 0.25) is 0 Å². The number of benzene rings is 1. The summed E-state index contributed by atoms with van der Waals surface area (Å²) in [7, 11) is 6.57. The number of pyridine rings is 1.